The van der Waals surface area contributed by atoms with E-state index in [1.807, 2.05) is 13.8 Å². The van der Waals surface area contributed by atoms with E-state index in [1.165, 1.54) is 0 Å². The highest BCUT2D eigenvalue weighted by Crippen LogP contribution is 2.51. The van der Waals surface area contributed by atoms with Gasteiger partial charge in [-0.25, -0.2) is 0 Å². The van der Waals surface area contributed by atoms with Crippen LogP contribution < -0.4 is 0 Å². The van der Waals surface area contributed by atoms with Gasteiger partial charge in [0.15, 0.2) is 0 Å². The quantitative estimate of drug-likeness (QED) is 0.500. The minimum absolute atomic E-state index is 0.0693. The van der Waals surface area contributed by atoms with Crippen molar-refractivity contribution in [3.05, 3.63) is 0 Å². The van der Waals surface area contributed by atoms with Gasteiger partial charge in [-0.1, -0.05) is 13.8 Å². The van der Waals surface area contributed by atoms with E-state index in [0.29, 0.717) is 12.8 Å². The molecule has 0 atom stereocenters. The molecule has 0 unspecified atom stereocenters. The highest BCUT2D eigenvalue weighted by Gasteiger charge is 2.51. The molecule has 1 rings (SSSR count). The van der Waals surface area contributed by atoms with Gasteiger partial charge in [0.1, 0.15) is 0 Å². The Balaban J connectivity index is 2.40. The number of halogens is 3. The fraction of sp³-hybridized carbons (Fsp3) is 1.00. The molecule has 0 radical (unpaired) electrons. The van der Waals surface area contributed by atoms with E-state index < -0.39 is 12.1 Å². The zero-order valence-electron chi connectivity index (χ0n) is 6.13. The highest BCUT2D eigenvalue weighted by atomic mass is 19.4. The van der Waals surface area contributed by atoms with Gasteiger partial charge >= 0.3 is 6.18 Å². The number of hydrogen-bond donors (Lipinski definition) is 0. The van der Waals surface area contributed by atoms with Crippen molar-refractivity contribution in [3.8, 4) is 0 Å². The zero-order valence-corrected chi connectivity index (χ0v) is 6.13. The molecule has 1 fully saturated rings. The second-order valence-electron chi connectivity index (χ2n) is 3.81. The van der Waals surface area contributed by atoms with Gasteiger partial charge in [-0.05, 0) is 18.3 Å². The topological polar surface area (TPSA) is 0 Å². The summed E-state index contributed by atoms with van der Waals surface area (Å²) in [7, 11) is 0. The predicted molar refractivity (Wildman–Crippen MR) is 32.6 cm³/mol. The summed E-state index contributed by atoms with van der Waals surface area (Å²) in [6.45, 7) is 3.74. The van der Waals surface area contributed by atoms with Gasteiger partial charge in [0.25, 0.3) is 0 Å². The molecule has 1 saturated carbocycles. The van der Waals surface area contributed by atoms with E-state index in [-0.39, 0.29) is 5.41 Å². The van der Waals surface area contributed by atoms with E-state index in [4.69, 9.17) is 0 Å². The van der Waals surface area contributed by atoms with Crippen molar-refractivity contribution in [2.45, 2.75) is 32.9 Å². The zero-order chi connectivity index (χ0) is 7.99. The summed E-state index contributed by atoms with van der Waals surface area (Å²) in [6.07, 6.45) is -3.34. The molecule has 0 aromatic rings. The van der Waals surface area contributed by atoms with Crippen molar-refractivity contribution >= 4 is 0 Å². The molecule has 0 aromatic heterocycles. The van der Waals surface area contributed by atoms with Gasteiger partial charge in [-0.15, -0.1) is 0 Å². The van der Waals surface area contributed by atoms with Crippen LogP contribution >= 0.6 is 0 Å². The summed E-state index contributed by atoms with van der Waals surface area (Å²) >= 11 is 0. The molecule has 0 heterocycles. The smallest absolute Gasteiger partial charge is 0.171 e. The van der Waals surface area contributed by atoms with Gasteiger partial charge < -0.3 is 0 Å². The molecule has 0 N–H and O–H groups in total. The third-order valence-electron chi connectivity index (χ3n) is 2.06. The molecule has 1 aliphatic carbocycles. The van der Waals surface area contributed by atoms with Crippen molar-refractivity contribution in [1.29, 1.82) is 0 Å². The van der Waals surface area contributed by atoms with Crippen LogP contribution in [0.1, 0.15) is 26.7 Å². The first-order chi connectivity index (χ1) is 4.31. The summed E-state index contributed by atoms with van der Waals surface area (Å²) in [4.78, 5) is 0. The average molecular weight is 152 g/mol. The lowest BCUT2D eigenvalue weighted by atomic mass is 9.64. The standard InChI is InChI=1S/C7H11F3/c1-6(2)3-5(4-6)7(8,9)10/h5H,3-4H2,1-2H3. The second kappa shape index (κ2) is 1.89. The van der Waals surface area contributed by atoms with E-state index >= 15 is 0 Å². The third-order valence-corrected chi connectivity index (χ3v) is 2.06. The average Bonchev–Trinajstić information content (AvgIpc) is 1.56. The lowest BCUT2D eigenvalue weighted by molar-refractivity contribution is -0.216. The van der Waals surface area contributed by atoms with Crippen LogP contribution in [0.25, 0.3) is 0 Å². The van der Waals surface area contributed by atoms with Crippen molar-refractivity contribution in [3.63, 3.8) is 0 Å². The Kier molecular flexibility index (Phi) is 1.49. The molecule has 0 amide bonds. The SMILES string of the molecule is CC1(C)CC(C(F)(F)F)C1. The normalized spacial score (nSPS) is 26.1. The van der Waals surface area contributed by atoms with Crippen LogP contribution in [0.4, 0.5) is 13.2 Å². The summed E-state index contributed by atoms with van der Waals surface area (Å²) < 4.78 is 35.5. The summed E-state index contributed by atoms with van der Waals surface area (Å²) in [5.41, 5.74) is -0.0693. The minimum atomic E-state index is -3.95. The Morgan fingerprint density at radius 2 is 1.60 bits per heavy atom. The maximum atomic E-state index is 11.8. The van der Waals surface area contributed by atoms with Crippen LogP contribution in [-0.4, -0.2) is 6.18 Å². The van der Waals surface area contributed by atoms with Gasteiger partial charge in [0.2, 0.25) is 0 Å². The molecular weight excluding hydrogens is 141 g/mol. The Labute approximate surface area is 58.4 Å². The Morgan fingerprint density at radius 1 is 1.20 bits per heavy atom. The van der Waals surface area contributed by atoms with E-state index in [9.17, 15) is 13.2 Å². The molecule has 0 saturated heterocycles. The molecule has 0 nitrogen and oxygen atoms in total. The summed E-state index contributed by atoms with van der Waals surface area (Å²) in [6, 6.07) is 0. The largest absolute Gasteiger partial charge is 0.391 e. The molecule has 0 spiro atoms. The lowest BCUT2D eigenvalue weighted by Gasteiger charge is -2.43. The first kappa shape index (κ1) is 7.89. The van der Waals surface area contributed by atoms with E-state index in [1.54, 1.807) is 0 Å². The van der Waals surface area contributed by atoms with Crippen LogP contribution in [0.2, 0.25) is 0 Å². The van der Waals surface area contributed by atoms with Gasteiger partial charge in [0, 0.05) is 0 Å². The molecule has 10 heavy (non-hydrogen) atoms. The molecule has 0 aliphatic heterocycles. The molecule has 0 bridgehead atoms. The Hall–Kier alpha value is -0.210. The highest BCUT2D eigenvalue weighted by molar-refractivity contribution is 4.90. The van der Waals surface area contributed by atoms with Crippen molar-refractivity contribution in [1.82, 2.24) is 0 Å². The van der Waals surface area contributed by atoms with Crippen LogP contribution in [0.15, 0.2) is 0 Å². The fourth-order valence-electron chi connectivity index (χ4n) is 1.51. The molecule has 3 heteroatoms. The van der Waals surface area contributed by atoms with E-state index in [0.717, 1.165) is 0 Å². The predicted octanol–water partition coefficient (Wildman–Crippen LogP) is 2.98. The van der Waals surface area contributed by atoms with Crippen LogP contribution in [0.3, 0.4) is 0 Å². The fourth-order valence-corrected chi connectivity index (χ4v) is 1.51. The van der Waals surface area contributed by atoms with Crippen LogP contribution in [0.5, 0.6) is 0 Å². The maximum absolute atomic E-state index is 11.8. The van der Waals surface area contributed by atoms with Gasteiger partial charge in [-0.3, -0.25) is 0 Å². The lowest BCUT2D eigenvalue weighted by Crippen LogP contribution is -2.40. The van der Waals surface area contributed by atoms with Crippen molar-refractivity contribution in [2.75, 3.05) is 0 Å². The number of alkyl halides is 3. The van der Waals surface area contributed by atoms with E-state index in [2.05, 4.69) is 0 Å². The second-order valence-corrected chi connectivity index (χ2v) is 3.81. The molecule has 60 valence electrons. The minimum Gasteiger partial charge on any atom is -0.171 e. The summed E-state index contributed by atoms with van der Waals surface area (Å²) in [5, 5.41) is 0. The number of rotatable bonds is 0. The Bertz CT molecular complexity index is 126. The first-order valence-corrected chi connectivity index (χ1v) is 3.38. The van der Waals surface area contributed by atoms with Gasteiger partial charge in [-0.2, -0.15) is 13.2 Å². The molecule has 1 aliphatic rings. The Morgan fingerprint density at radius 3 is 1.70 bits per heavy atom. The molecule has 0 aromatic carbocycles. The van der Waals surface area contributed by atoms with Crippen molar-refractivity contribution < 1.29 is 13.2 Å². The molecular formula is C7H11F3. The maximum Gasteiger partial charge on any atom is 0.391 e. The van der Waals surface area contributed by atoms with Crippen LogP contribution in [-0.2, 0) is 0 Å². The first-order valence-electron chi connectivity index (χ1n) is 3.38. The van der Waals surface area contributed by atoms with Gasteiger partial charge in [0.05, 0.1) is 5.92 Å². The number of hydrogen-bond acceptors (Lipinski definition) is 0. The third kappa shape index (κ3) is 1.44. The van der Waals surface area contributed by atoms with Crippen LogP contribution in [0, 0.1) is 11.3 Å². The van der Waals surface area contributed by atoms with Crippen molar-refractivity contribution in [2.24, 2.45) is 11.3 Å². The monoisotopic (exact) mass is 152 g/mol. The summed E-state index contributed by atoms with van der Waals surface area (Å²) in [5.74, 6) is -1.03.